The van der Waals surface area contributed by atoms with Gasteiger partial charge in [0.15, 0.2) is 5.75 Å². The Morgan fingerprint density at radius 1 is 1.50 bits per heavy atom. The van der Waals surface area contributed by atoms with Crippen molar-refractivity contribution in [2.75, 3.05) is 0 Å². The van der Waals surface area contributed by atoms with Gasteiger partial charge in [-0.05, 0) is 12.1 Å². The van der Waals surface area contributed by atoms with Gasteiger partial charge in [-0.15, -0.1) is 0 Å². The van der Waals surface area contributed by atoms with E-state index in [2.05, 4.69) is 0 Å². The summed E-state index contributed by atoms with van der Waals surface area (Å²) in [4.78, 5) is 9.47. The summed E-state index contributed by atoms with van der Waals surface area (Å²) in [6, 6.07) is 3.65. The Kier molecular flexibility index (Phi) is 4.55. The number of phenolic OH excluding ortho intramolecular Hbond substituents is 1. The van der Waals surface area contributed by atoms with Crippen LogP contribution in [0, 0.1) is 10.1 Å². The number of halogens is 1. The van der Waals surface area contributed by atoms with Crippen molar-refractivity contribution >= 4 is 46.8 Å². The molecule has 0 saturated carbocycles. The van der Waals surface area contributed by atoms with Gasteiger partial charge in [0, 0.05) is 11.1 Å². The van der Waals surface area contributed by atoms with Gasteiger partial charge in [0.1, 0.15) is 0 Å². The van der Waals surface area contributed by atoms with Gasteiger partial charge in [-0.1, -0.05) is 11.6 Å². The summed E-state index contributed by atoms with van der Waals surface area (Å²) in [5.74, 6) is -0.376. The van der Waals surface area contributed by atoms with Crippen LogP contribution in [0.3, 0.4) is 0 Å². The Morgan fingerprint density at radius 3 is 2.50 bits per heavy atom. The fourth-order valence-electron chi connectivity index (χ4n) is 0.643. The van der Waals surface area contributed by atoms with Crippen molar-refractivity contribution in [1.82, 2.24) is 0 Å². The number of nitro benzene ring substituents is 1. The van der Waals surface area contributed by atoms with E-state index in [1.165, 1.54) is 12.1 Å². The summed E-state index contributed by atoms with van der Waals surface area (Å²) >= 11 is 5.45. The van der Waals surface area contributed by atoms with Crippen LogP contribution in [0.5, 0.6) is 5.75 Å². The minimum absolute atomic E-state index is 0. The first-order valence-electron chi connectivity index (χ1n) is 2.74. The molecule has 0 aromatic heterocycles. The SMILES string of the molecule is O=[N+]([O-])c1cc(Cl)ccc1O.[NaH]. The third-order valence-corrected chi connectivity index (χ3v) is 1.37. The normalized spacial score (nSPS) is 8.75. The van der Waals surface area contributed by atoms with Gasteiger partial charge in [0.2, 0.25) is 0 Å². The van der Waals surface area contributed by atoms with Gasteiger partial charge in [0.05, 0.1) is 4.92 Å². The second kappa shape index (κ2) is 4.67. The zero-order chi connectivity index (χ0) is 8.43. The summed E-state index contributed by atoms with van der Waals surface area (Å²) in [5.41, 5.74) is -0.377. The van der Waals surface area contributed by atoms with Crippen LogP contribution in [0.2, 0.25) is 5.02 Å². The molecule has 0 saturated heterocycles. The number of aromatic hydroxyl groups is 1. The van der Waals surface area contributed by atoms with E-state index < -0.39 is 4.92 Å². The van der Waals surface area contributed by atoms with E-state index >= 15 is 0 Å². The minimum atomic E-state index is -0.693. The summed E-state index contributed by atoms with van der Waals surface area (Å²) in [6.07, 6.45) is 0. The molecule has 0 heterocycles. The first-order valence-corrected chi connectivity index (χ1v) is 3.12. The Balaban J connectivity index is 0.00000121. The van der Waals surface area contributed by atoms with Crippen LogP contribution in [0.25, 0.3) is 0 Å². The monoisotopic (exact) mass is 197 g/mol. The van der Waals surface area contributed by atoms with Crippen LogP contribution in [-0.4, -0.2) is 39.6 Å². The zero-order valence-corrected chi connectivity index (χ0v) is 6.08. The molecule has 0 radical (unpaired) electrons. The standard InChI is InChI=1S/C6H4ClNO3.Na.H/c7-4-1-2-6(9)5(3-4)8(10)11;;/h1-3,9H;;. The van der Waals surface area contributed by atoms with Crippen molar-refractivity contribution in [3.8, 4) is 5.75 Å². The van der Waals surface area contributed by atoms with Gasteiger partial charge in [0.25, 0.3) is 0 Å². The Bertz CT molecular complexity index is 305. The van der Waals surface area contributed by atoms with Crippen LogP contribution < -0.4 is 0 Å². The molecule has 4 nitrogen and oxygen atoms in total. The molecular formula is C6H5ClNNaO3. The third-order valence-electron chi connectivity index (χ3n) is 1.13. The molecular weight excluding hydrogens is 193 g/mol. The summed E-state index contributed by atoms with van der Waals surface area (Å²) in [5, 5.41) is 19.3. The molecule has 1 aromatic carbocycles. The van der Waals surface area contributed by atoms with Gasteiger partial charge in [-0.2, -0.15) is 0 Å². The first kappa shape index (κ1) is 11.7. The van der Waals surface area contributed by atoms with Gasteiger partial charge in [-0.25, -0.2) is 0 Å². The van der Waals surface area contributed by atoms with E-state index in [-0.39, 0.29) is 46.0 Å². The number of phenols is 1. The first-order chi connectivity index (χ1) is 5.11. The number of hydrogen-bond donors (Lipinski definition) is 1. The number of nitrogens with zero attached hydrogens (tertiary/aromatic N) is 1. The Labute approximate surface area is 95.6 Å². The van der Waals surface area contributed by atoms with Crippen molar-refractivity contribution in [3.05, 3.63) is 33.3 Å². The second-order valence-electron chi connectivity index (χ2n) is 1.89. The van der Waals surface area contributed by atoms with Gasteiger partial charge >= 0.3 is 35.2 Å². The summed E-state index contributed by atoms with van der Waals surface area (Å²) in [6.45, 7) is 0. The fourth-order valence-corrected chi connectivity index (χ4v) is 0.809. The molecule has 0 bridgehead atoms. The van der Waals surface area contributed by atoms with Crippen LogP contribution in [0.1, 0.15) is 0 Å². The van der Waals surface area contributed by atoms with E-state index in [4.69, 9.17) is 16.7 Å². The zero-order valence-electron chi connectivity index (χ0n) is 5.32. The van der Waals surface area contributed by atoms with Crippen LogP contribution in [0.15, 0.2) is 18.2 Å². The van der Waals surface area contributed by atoms with Gasteiger partial charge < -0.3 is 5.11 Å². The summed E-state index contributed by atoms with van der Waals surface area (Å²) in [7, 11) is 0. The number of hydrogen-bond acceptors (Lipinski definition) is 3. The molecule has 0 aliphatic heterocycles. The van der Waals surface area contributed by atoms with Crippen molar-refractivity contribution in [1.29, 1.82) is 0 Å². The second-order valence-corrected chi connectivity index (χ2v) is 2.33. The molecule has 12 heavy (non-hydrogen) atoms. The molecule has 0 aliphatic rings. The quantitative estimate of drug-likeness (QED) is 0.419. The molecule has 0 fully saturated rings. The summed E-state index contributed by atoms with van der Waals surface area (Å²) < 4.78 is 0. The van der Waals surface area contributed by atoms with Crippen molar-refractivity contribution in [3.63, 3.8) is 0 Å². The molecule has 0 atom stereocenters. The van der Waals surface area contributed by atoms with E-state index in [0.29, 0.717) is 0 Å². The Morgan fingerprint density at radius 2 is 2.08 bits per heavy atom. The van der Waals surface area contributed by atoms with E-state index in [0.717, 1.165) is 6.07 Å². The van der Waals surface area contributed by atoms with Crippen molar-refractivity contribution < 1.29 is 10.0 Å². The molecule has 6 heteroatoms. The van der Waals surface area contributed by atoms with Crippen molar-refractivity contribution in [2.24, 2.45) is 0 Å². The van der Waals surface area contributed by atoms with Crippen LogP contribution >= 0.6 is 11.6 Å². The topological polar surface area (TPSA) is 63.4 Å². The number of benzene rings is 1. The maximum atomic E-state index is 10.2. The third kappa shape index (κ3) is 2.64. The molecule has 1 aromatic rings. The van der Waals surface area contributed by atoms with Crippen LogP contribution in [-0.2, 0) is 0 Å². The van der Waals surface area contributed by atoms with E-state index in [1.54, 1.807) is 0 Å². The van der Waals surface area contributed by atoms with Gasteiger partial charge in [-0.3, -0.25) is 10.1 Å². The molecule has 0 amide bonds. The molecule has 60 valence electrons. The molecule has 0 aliphatic carbocycles. The van der Waals surface area contributed by atoms with Crippen LogP contribution in [0.4, 0.5) is 5.69 Å². The average molecular weight is 198 g/mol. The molecule has 1 N–H and O–H groups in total. The maximum absolute atomic E-state index is 10.2. The number of nitro groups is 1. The molecule has 1 rings (SSSR count). The van der Waals surface area contributed by atoms with Crippen molar-refractivity contribution in [2.45, 2.75) is 0 Å². The van der Waals surface area contributed by atoms with E-state index in [1.807, 2.05) is 0 Å². The average Bonchev–Trinajstić information content (AvgIpc) is 1.94. The number of rotatable bonds is 1. The predicted octanol–water partition coefficient (Wildman–Crippen LogP) is 1.31. The predicted molar refractivity (Wildman–Crippen MR) is 46.9 cm³/mol. The Hall–Kier alpha value is -0.290. The molecule has 0 unspecified atom stereocenters. The fraction of sp³-hybridized carbons (Fsp3) is 0. The molecule has 0 spiro atoms. The van der Waals surface area contributed by atoms with E-state index in [9.17, 15) is 10.1 Å².